The molecule has 5 aromatic rings. The average Bonchev–Trinajstić information content (AvgIpc) is 3.38. The Morgan fingerprint density at radius 2 is 1.73 bits per heavy atom. The topological polar surface area (TPSA) is 113 Å². The number of carboxylic acids is 1. The minimum atomic E-state index is -0.890. The number of amides is 1. The highest BCUT2D eigenvalue weighted by Crippen LogP contribution is 2.42. The number of thiazole rings is 1. The Morgan fingerprint density at radius 1 is 1.05 bits per heavy atom. The summed E-state index contributed by atoms with van der Waals surface area (Å²) >= 11 is 7.66. The van der Waals surface area contributed by atoms with Crippen molar-refractivity contribution in [1.29, 1.82) is 0 Å². The van der Waals surface area contributed by atoms with E-state index in [2.05, 4.69) is 4.98 Å². The van der Waals surface area contributed by atoms with Crippen LogP contribution in [0.1, 0.15) is 31.9 Å². The predicted octanol–water partition coefficient (Wildman–Crippen LogP) is 7.41. The number of benzene rings is 3. The number of carbonyl (C=O) groups is 2. The van der Waals surface area contributed by atoms with E-state index in [1.54, 1.807) is 51.0 Å². The molecule has 0 atom stereocenters. The first-order valence-electron chi connectivity index (χ1n) is 13.9. The summed E-state index contributed by atoms with van der Waals surface area (Å²) in [5, 5.41) is 19.6. The number of pyridine rings is 1. The Balaban J connectivity index is 0.000000712. The van der Waals surface area contributed by atoms with Crippen LogP contribution < -0.4 is 9.64 Å². The fraction of sp³-hybridized carbons (Fsp3) is 0.235. The van der Waals surface area contributed by atoms with Crippen LogP contribution in [0.25, 0.3) is 43.2 Å². The van der Waals surface area contributed by atoms with Gasteiger partial charge in [0.05, 0.1) is 33.6 Å². The molecule has 0 unspecified atom stereocenters. The normalized spacial score (nSPS) is 12.8. The van der Waals surface area contributed by atoms with E-state index < -0.39 is 11.6 Å². The van der Waals surface area contributed by atoms with Crippen molar-refractivity contribution in [3.63, 3.8) is 0 Å². The van der Waals surface area contributed by atoms with E-state index in [0.717, 1.165) is 54.3 Å². The lowest BCUT2D eigenvalue weighted by molar-refractivity contribution is -0.136. The second-order valence-corrected chi connectivity index (χ2v) is 13.0. The molecular formula is C34H32ClN3O5S. The molecule has 0 saturated carbocycles. The van der Waals surface area contributed by atoms with E-state index in [4.69, 9.17) is 26.4 Å². The third kappa shape index (κ3) is 6.91. The van der Waals surface area contributed by atoms with Crippen molar-refractivity contribution in [2.24, 2.45) is 0 Å². The van der Waals surface area contributed by atoms with Gasteiger partial charge in [0.15, 0.2) is 6.61 Å². The summed E-state index contributed by atoms with van der Waals surface area (Å²) in [7, 11) is 1.73. The van der Waals surface area contributed by atoms with Gasteiger partial charge in [0.25, 0.3) is 5.91 Å². The molecule has 0 aliphatic carbocycles. The molecule has 1 aliphatic heterocycles. The van der Waals surface area contributed by atoms with E-state index in [1.807, 2.05) is 55.5 Å². The maximum Gasteiger partial charge on any atom is 0.307 e. The van der Waals surface area contributed by atoms with Gasteiger partial charge in [-0.1, -0.05) is 23.7 Å². The minimum Gasteiger partial charge on any atom is -0.482 e. The molecule has 2 aromatic heterocycles. The molecule has 1 aliphatic rings. The summed E-state index contributed by atoms with van der Waals surface area (Å²) in [6, 6.07) is 18.9. The number of hydrogen-bond donors (Lipinski definition) is 2. The molecule has 0 radical (unpaired) electrons. The number of ether oxygens (including phenoxy) is 1. The highest BCUT2D eigenvalue weighted by molar-refractivity contribution is 7.22. The molecule has 2 N–H and O–H groups in total. The summed E-state index contributed by atoms with van der Waals surface area (Å²) in [5.41, 5.74) is 6.87. The van der Waals surface area contributed by atoms with E-state index in [1.165, 1.54) is 11.3 Å². The molecule has 1 amide bonds. The molecule has 3 aromatic carbocycles. The largest absolute Gasteiger partial charge is 0.482 e. The summed E-state index contributed by atoms with van der Waals surface area (Å²) in [4.78, 5) is 35.0. The summed E-state index contributed by atoms with van der Waals surface area (Å²) < 4.78 is 6.47. The van der Waals surface area contributed by atoms with Crippen LogP contribution in [-0.2, 0) is 16.0 Å². The van der Waals surface area contributed by atoms with Crippen LogP contribution in [0.3, 0.4) is 0 Å². The molecule has 0 fully saturated rings. The number of rotatable bonds is 5. The second kappa shape index (κ2) is 12.4. The Morgan fingerprint density at radius 3 is 2.41 bits per heavy atom. The van der Waals surface area contributed by atoms with Gasteiger partial charge in [-0.2, -0.15) is 0 Å². The highest BCUT2D eigenvalue weighted by atomic mass is 35.5. The fourth-order valence-corrected chi connectivity index (χ4v) is 6.07. The van der Waals surface area contributed by atoms with Crippen molar-refractivity contribution in [1.82, 2.24) is 9.97 Å². The molecule has 8 nitrogen and oxygen atoms in total. The highest BCUT2D eigenvalue weighted by Gasteiger charge is 2.23. The molecule has 226 valence electrons. The molecule has 0 bridgehead atoms. The fourth-order valence-electron chi connectivity index (χ4n) is 4.81. The number of aliphatic hydroxyl groups is 1. The van der Waals surface area contributed by atoms with Crippen molar-refractivity contribution >= 4 is 50.7 Å². The number of anilines is 1. The first kappa shape index (κ1) is 31.1. The van der Waals surface area contributed by atoms with E-state index in [-0.39, 0.29) is 18.9 Å². The SMILES string of the molecule is CC(C)(C)O.Cc1cc2nc(-c3ccnc(-c4ccc5c(c4)N(C)C(=O)CO5)c3)sc2c(-c2ccc(Cl)cc2)c1CC(=O)O. The number of hydrogen-bond acceptors (Lipinski definition) is 7. The zero-order chi connectivity index (χ0) is 31.8. The third-order valence-electron chi connectivity index (χ3n) is 6.82. The molecular weight excluding hydrogens is 598 g/mol. The third-order valence-corrected chi connectivity index (χ3v) is 8.21. The average molecular weight is 630 g/mol. The number of aromatic nitrogens is 2. The molecule has 3 heterocycles. The Hall–Kier alpha value is -4.31. The number of aliphatic carboxylic acids is 1. The number of aryl methyl sites for hydroxylation is 1. The maximum atomic E-state index is 12.1. The van der Waals surface area contributed by atoms with Gasteiger partial charge in [0.2, 0.25) is 0 Å². The van der Waals surface area contributed by atoms with Gasteiger partial charge in [0, 0.05) is 35.0 Å². The minimum absolute atomic E-state index is 0.0276. The van der Waals surface area contributed by atoms with Crippen LogP contribution in [0.15, 0.2) is 66.9 Å². The van der Waals surface area contributed by atoms with Gasteiger partial charge in [0.1, 0.15) is 10.8 Å². The van der Waals surface area contributed by atoms with Crippen molar-refractivity contribution in [2.75, 3.05) is 18.6 Å². The Labute approximate surface area is 264 Å². The number of likely N-dealkylation sites (N-methyl/N-ethyl adjacent to an activating group) is 1. The van der Waals surface area contributed by atoms with Crippen LogP contribution in [0.2, 0.25) is 5.02 Å². The van der Waals surface area contributed by atoms with Gasteiger partial charge in [-0.15, -0.1) is 11.3 Å². The van der Waals surface area contributed by atoms with Crippen LogP contribution in [-0.4, -0.2) is 51.3 Å². The van der Waals surface area contributed by atoms with Crippen molar-refractivity contribution < 1.29 is 24.5 Å². The van der Waals surface area contributed by atoms with Crippen molar-refractivity contribution in [3.8, 4) is 38.7 Å². The van der Waals surface area contributed by atoms with Gasteiger partial charge >= 0.3 is 5.97 Å². The van der Waals surface area contributed by atoms with Crippen LogP contribution in [0.5, 0.6) is 5.75 Å². The first-order valence-corrected chi connectivity index (χ1v) is 15.1. The molecule has 10 heteroatoms. The van der Waals surface area contributed by atoms with Crippen molar-refractivity contribution in [2.45, 2.75) is 39.7 Å². The number of carbonyl (C=O) groups excluding carboxylic acids is 1. The van der Waals surface area contributed by atoms with Gasteiger partial charge in [-0.05, 0) is 92.9 Å². The van der Waals surface area contributed by atoms with Crippen LogP contribution >= 0.6 is 22.9 Å². The monoisotopic (exact) mass is 629 g/mol. The van der Waals surface area contributed by atoms with Crippen molar-refractivity contribution in [3.05, 3.63) is 83.0 Å². The zero-order valence-corrected chi connectivity index (χ0v) is 26.6. The van der Waals surface area contributed by atoms with E-state index >= 15 is 0 Å². The molecule has 6 rings (SSSR count). The summed E-state index contributed by atoms with van der Waals surface area (Å²) in [6.07, 6.45) is 1.65. The standard InChI is InChI=1S/C30H22ClN3O4S.C4H10O/c1-16-11-23-29(28(21(16)14-27(36)37)17-3-6-20(31)7-4-17)39-30(33-23)19-9-10-32-22(12-19)18-5-8-25-24(13-18)34(2)26(35)15-38-25;1-4(2,3)5/h3-13H,14-15H2,1-2H3,(H,36,37);5H,1-3H3. The van der Waals surface area contributed by atoms with Gasteiger partial charge in [-0.25, -0.2) is 4.98 Å². The lowest BCUT2D eigenvalue weighted by Gasteiger charge is -2.26. The Kier molecular flexibility index (Phi) is 8.74. The maximum absolute atomic E-state index is 12.1. The number of fused-ring (bicyclic) bond motifs is 2. The number of carboxylic acid groups (broad SMARTS) is 1. The Bertz CT molecular complexity index is 1870. The van der Waals surface area contributed by atoms with Crippen LogP contribution in [0, 0.1) is 6.92 Å². The first-order chi connectivity index (χ1) is 20.8. The van der Waals surface area contributed by atoms with E-state index in [9.17, 15) is 14.7 Å². The molecule has 0 saturated heterocycles. The van der Waals surface area contributed by atoms with Gasteiger partial charge in [-0.3, -0.25) is 14.6 Å². The summed E-state index contributed by atoms with van der Waals surface area (Å²) in [6.45, 7) is 7.18. The predicted molar refractivity (Wildman–Crippen MR) is 176 cm³/mol. The number of nitrogens with zero attached hydrogens (tertiary/aromatic N) is 3. The molecule has 0 spiro atoms. The quantitative estimate of drug-likeness (QED) is 0.208. The van der Waals surface area contributed by atoms with E-state index in [0.29, 0.717) is 16.5 Å². The number of halogens is 1. The zero-order valence-electron chi connectivity index (χ0n) is 25.0. The van der Waals surface area contributed by atoms with Gasteiger partial charge < -0.3 is 19.8 Å². The lowest BCUT2D eigenvalue weighted by atomic mass is 9.93. The lowest BCUT2D eigenvalue weighted by Crippen LogP contribution is -2.35. The summed E-state index contributed by atoms with van der Waals surface area (Å²) in [5.74, 6) is -0.339. The van der Waals surface area contributed by atoms with Crippen LogP contribution in [0.4, 0.5) is 5.69 Å². The molecule has 44 heavy (non-hydrogen) atoms. The second-order valence-electron chi connectivity index (χ2n) is 11.5. The smallest absolute Gasteiger partial charge is 0.307 e.